The molecule has 1 aliphatic carbocycles. The van der Waals surface area contributed by atoms with Gasteiger partial charge in [0.25, 0.3) is 5.91 Å². The summed E-state index contributed by atoms with van der Waals surface area (Å²) in [6.45, 7) is 4.52. The molecule has 4 N–H and O–H groups in total. The smallest absolute Gasteiger partial charge is 0.323 e. The highest BCUT2D eigenvalue weighted by molar-refractivity contribution is 5.83. The van der Waals surface area contributed by atoms with Crippen molar-refractivity contribution in [2.24, 2.45) is 17.8 Å². The summed E-state index contributed by atoms with van der Waals surface area (Å²) >= 11 is 0. The Balaban J connectivity index is 2.26. The first kappa shape index (κ1) is 30.6. The molecule has 0 aliphatic heterocycles. The topological polar surface area (TPSA) is 136 Å². The van der Waals surface area contributed by atoms with Crippen molar-refractivity contribution < 1.29 is 34.4 Å². The number of carboxylic acid groups (broad SMARTS) is 1. The third kappa shape index (κ3) is 10.7. The van der Waals surface area contributed by atoms with Crippen LogP contribution in [0.4, 0.5) is 0 Å². The fourth-order valence-electron chi connectivity index (χ4n) is 5.02. The zero-order valence-corrected chi connectivity index (χ0v) is 22.3. The molecule has 0 saturated heterocycles. The molecule has 1 aliphatic rings. The van der Waals surface area contributed by atoms with Crippen LogP contribution in [0.5, 0.6) is 5.75 Å². The Morgan fingerprint density at radius 1 is 1.05 bits per heavy atom. The Morgan fingerprint density at radius 3 is 2.27 bits per heavy atom. The van der Waals surface area contributed by atoms with E-state index >= 15 is 0 Å². The Hall–Kier alpha value is -2.65. The van der Waals surface area contributed by atoms with Crippen molar-refractivity contribution >= 4 is 17.8 Å². The molecule has 4 unspecified atom stereocenters. The maximum absolute atomic E-state index is 13.3. The Morgan fingerprint density at radius 2 is 1.70 bits per heavy atom. The lowest BCUT2D eigenvalue weighted by Crippen LogP contribution is -2.52. The van der Waals surface area contributed by atoms with Crippen molar-refractivity contribution in [3.05, 3.63) is 30.3 Å². The average Bonchev–Trinajstić information content (AvgIpc) is 2.87. The van der Waals surface area contributed by atoms with Gasteiger partial charge in [-0.05, 0) is 43.7 Å². The zero-order valence-electron chi connectivity index (χ0n) is 22.3. The van der Waals surface area contributed by atoms with Crippen LogP contribution < -0.4 is 10.1 Å². The fourth-order valence-corrected chi connectivity index (χ4v) is 5.02. The third-order valence-corrected chi connectivity index (χ3v) is 7.08. The summed E-state index contributed by atoms with van der Waals surface area (Å²) in [5, 5.41) is 33.3. The molecular weight excluding hydrogens is 476 g/mol. The summed E-state index contributed by atoms with van der Waals surface area (Å²) in [6, 6.07) is 8.03. The molecule has 1 saturated carbocycles. The lowest BCUT2D eigenvalue weighted by atomic mass is 9.80. The molecule has 0 heterocycles. The summed E-state index contributed by atoms with van der Waals surface area (Å²) in [5.74, 6) is -1.90. The molecule has 0 bridgehead atoms. The summed E-state index contributed by atoms with van der Waals surface area (Å²) in [5.41, 5.74) is 0. The predicted octanol–water partition coefficient (Wildman–Crippen LogP) is 2.84. The first-order valence-corrected chi connectivity index (χ1v) is 13.4. The summed E-state index contributed by atoms with van der Waals surface area (Å²) in [7, 11) is 0. The second-order valence-electron chi connectivity index (χ2n) is 10.6. The highest BCUT2D eigenvalue weighted by Crippen LogP contribution is 2.31. The number of carboxylic acids is 1. The number of rotatable bonds is 15. The van der Waals surface area contributed by atoms with Gasteiger partial charge >= 0.3 is 5.97 Å². The molecule has 2 amide bonds. The van der Waals surface area contributed by atoms with Gasteiger partial charge in [0.2, 0.25) is 5.91 Å². The highest BCUT2D eigenvalue weighted by Gasteiger charge is 2.37. The number of benzene rings is 1. The number of nitrogens with one attached hydrogen (secondary N) is 1. The standard InChI is InChI=1S/C28H44N2O7/c1-19(2)23(28(36)29-16-20(3)31)15-25(32)24(14-21-10-6-4-7-11-21)30(17-27(34)35)26(33)18-37-22-12-8-5-9-13-22/h5,8-9,12-13,19-21,23-25,31-32H,4,6-7,10-11,14-18H2,1-3H3,(H,29,36)(H,34,35). The van der Waals surface area contributed by atoms with Crippen LogP contribution in [-0.2, 0) is 14.4 Å². The van der Waals surface area contributed by atoms with Crippen molar-refractivity contribution in [3.63, 3.8) is 0 Å². The monoisotopic (exact) mass is 520 g/mol. The van der Waals surface area contributed by atoms with Crippen molar-refractivity contribution in [1.29, 1.82) is 0 Å². The molecule has 208 valence electrons. The van der Waals surface area contributed by atoms with E-state index in [2.05, 4.69) is 5.32 Å². The van der Waals surface area contributed by atoms with Crippen LogP contribution in [0.15, 0.2) is 30.3 Å². The normalized spacial score (nSPS) is 17.5. The van der Waals surface area contributed by atoms with Crippen molar-refractivity contribution in [3.8, 4) is 5.75 Å². The van der Waals surface area contributed by atoms with Crippen LogP contribution in [0.1, 0.15) is 65.7 Å². The average molecular weight is 521 g/mol. The van der Waals surface area contributed by atoms with E-state index in [0.717, 1.165) is 32.1 Å². The lowest BCUT2D eigenvalue weighted by molar-refractivity contribution is -0.150. The van der Waals surface area contributed by atoms with E-state index in [1.807, 2.05) is 19.9 Å². The van der Waals surface area contributed by atoms with E-state index in [1.165, 1.54) is 4.90 Å². The number of amides is 2. The molecule has 9 nitrogen and oxygen atoms in total. The lowest BCUT2D eigenvalue weighted by Gasteiger charge is -2.38. The van der Waals surface area contributed by atoms with Crippen LogP contribution in [0.3, 0.4) is 0 Å². The molecule has 4 atom stereocenters. The van der Waals surface area contributed by atoms with Crippen LogP contribution >= 0.6 is 0 Å². The number of hydrogen-bond acceptors (Lipinski definition) is 6. The van der Waals surface area contributed by atoms with Gasteiger partial charge in [-0.2, -0.15) is 0 Å². The van der Waals surface area contributed by atoms with Crippen LogP contribution in [0.25, 0.3) is 0 Å². The molecule has 0 radical (unpaired) electrons. The predicted molar refractivity (Wildman–Crippen MR) is 140 cm³/mol. The second-order valence-corrected chi connectivity index (χ2v) is 10.6. The molecule has 9 heteroatoms. The van der Waals surface area contributed by atoms with Gasteiger partial charge in [-0.1, -0.05) is 64.2 Å². The number of nitrogens with zero attached hydrogens (tertiary/aromatic N) is 1. The minimum Gasteiger partial charge on any atom is -0.484 e. The Labute approximate surface area is 220 Å². The van der Waals surface area contributed by atoms with Crippen molar-refractivity contribution in [1.82, 2.24) is 10.2 Å². The first-order chi connectivity index (χ1) is 17.6. The molecule has 2 rings (SSSR count). The van der Waals surface area contributed by atoms with Gasteiger partial charge < -0.3 is 30.3 Å². The number of aliphatic hydroxyl groups excluding tert-OH is 2. The van der Waals surface area contributed by atoms with Gasteiger partial charge in [0.1, 0.15) is 12.3 Å². The second kappa shape index (κ2) is 15.6. The van der Waals surface area contributed by atoms with Gasteiger partial charge in [-0.15, -0.1) is 0 Å². The summed E-state index contributed by atoms with van der Waals surface area (Å²) in [6.07, 6.45) is 3.92. The number of hydrogen-bond donors (Lipinski definition) is 4. The maximum Gasteiger partial charge on any atom is 0.323 e. The van der Waals surface area contributed by atoms with Gasteiger partial charge in [0.15, 0.2) is 6.61 Å². The Kier molecular flexibility index (Phi) is 12.9. The van der Waals surface area contributed by atoms with Gasteiger partial charge in [-0.25, -0.2) is 0 Å². The zero-order chi connectivity index (χ0) is 27.4. The largest absolute Gasteiger partial charge is 0.484 e. The Bertz CT molecular complexity index is 840. The molecule has 37 heavy (non-hydrogen) atoms. The molecule has 0 spiro atoms. The molecule has 1 fully saturated rings. The van der Waals surface area contributed by atoms with Crippen LogP contribution in [-0.4, -0.2) is 75.9 Å². The number of para-hydroxylation sites is 1. The number of aliphatic hydroxyl groups is 2. The molecule has 1 aromatic rings. The van der Waals surface area contributed by atoms with Gasteiger partial charge in [-0.3, -0.25) is 14.4 Å². The van der Waals surface area contributed by atoms with Gasteiger partial charge in [0, 0.05) is 12.5 Å². The number of carbonyl (C=O) groups is 3. The molecule has 1 aromatic carbocycles. The summed E-state index contributed by atoms with van der Waals surface area (Å²) in [4.78, 5) is 39.1. The van der Waals surface area contributed by atoms with Gasteiger partial charge in [0.05, 0.1) is 18.2 Å². The van der Waals surface area contributed by atoms with E-state index in [0.29, 0.717) is 12.2 Å². The minimum atomic E-state index is -1.18. The van der Waals surface area contributed by atoms with E-state index in [-0.39, 0.29) is 37.3 Å². The quantitative estimate of drug-likeness (QED) is 0.279. The third-order valence-electron chi connectivity index (χ3n) is 7.08. The SMILES string of the molecule is CC(O)CNC(=O)C(CC(O)C(CC1CCCCC1)N(CC(=O)O)C(=O)COc1ccccc1)C(C)C. The van der Waals surface area contributed by atoms with Crippen molar-refractivity contribution in [2.75, 3.05) is 19.7 Å². The number of carbonyl (C=O) groups excluding carboxylic acids is 2. The van der Waals surface area contributed by atoms with Crippen molar-refractivity contribution in [2.45, 2.75) is 84.0 Å². The molecular formula is C28H44N2O7. The number of ether oxygens (including phenoxy) is 1. The first-order valence-electron chi connectivity index (χ1n) is 13.4. The van der Waals surface area contributed by atoms with Crippen LogP contribution in [0.2, 0.25) is 0 Å². The number of aliphatic carboxylic acids is 1. The minimum absolute atomic E-state index is 0.0731. The summed E-state index contributed by atoms with van der Waals surface area (Å²) < 4.78 is 5.61. The van der Waals surface area contributed by atoms with E-state index in [9.17, 15) is 29.7 Å². The highest BCUT2D eigenvalue weighted by atomic mass is 16.5. The van der Waals surface area contributed by atoms with E-state index < -0.39 is 42.6 Å². The van der Waals surface area contributed by atoms with E-state index in [1.54, 1.807) is 31.2 Å². The maximum atomic E-state index is 13.3. The van der Waals surface area contributed by atoms with E-state index in [4.69, 9.17) is 4.74 Å². The van der Waals surface area contributed by atoms with Crippen LogP contribution in [0, 0.1) is 17.8 Å². The molecule has 0 aromatic heterocycles. The fraction of sp³-hybridized carbons (Fsp3) is 0.679.